The minimum absolute atomic E-state index is 0.278. The van der Waals surface area contributed by atoms with Crippen LogP contribution in [0.5, 0.6) is 5.75 Å². The van der Waals surface area contributed by atoms with Crippen molar-refractivity contribution in [2.75, 3.05) is 0 Å². The molecule has 11 heteroatoms. The van der Waals surface area contributed by atoms with Crippen LogP contribution in [0.15, 0.2) is 30.3 Å². The summed E-state index contributed by atoms with van der Waals surface area (Å²) in [4.78, 5) is 0. The molecule has 0 saturated carbocycles. The van der Waals surface area contributed by atoms with Crippen molar-refractivity contribution in [3.63, 3.8) is 0 Å². The molecule has 0 aromatic heterocycles. The molecule has 0 spiro atoms. The summed E-state index contributed by atoms with van der Waals surface area (Å²) < 4.78 is 128. The van der Waals surface area contributed by atoms with E-state index in [0.717, 1.165) is 29.7 Å². The molecule has 1 aliphatic rings. The molecule has 3 aromatic carbocycles. The van der Waals surface area contributed by atoms with Crippen molar-refractivity contribution in [2.45, 2.75) is 82.3 Å². The molecule has 227 valence electrons. The maximum Gasteiger partial charge on any atom is 0.305 e. The summed E-state index contributed by atoms with van der Waals surface area (Å²) in [6.45, 7) is 10.0. The summed E-state index contributed by atoms with van der Waals surface area (Å²) in [6.07, 6.45) is 0. The van der Waals surface area contributed by atoms with Crippen LogP contribution in [-0.2, 0) is 12.0 Å². The molecule has 3 aromatic rings. The quantitative estimate of drug-likeness (QED) is 0.117. The Bertz CT molecular complexity index is 1470. The normalized spacial score (nSPS) is 15.5. The number of halogens is 8. The summed E-state index contributed by atoms with van der Waals surface area (Å²) in [5, 5.41) is 0. The summed E-state index contributed by atoms with van der Waals surface area (Å²) in [5.74, 6) is -18.0. The highest BCUT2D eigenvalue weighted by Gasteiger charge is 2.55. The van der Waals surface area contributed by atoms with Crippen molar-refractivity contribution in [1.29, 1.82) is 0 Å². The van der Waals surface area contributed by atoms with Crippen molar-refractivity contribution in [3.8, 4) is 16.9 Å². The van der Waals surface area contributed by atoms with Crippen molar-refractivity contribution in [1.82, 2.24) is 0 Å². The first-order valence-corrected chi connectivity index (χ1v) is 19.3. The standard InChI is InChI=1S/C31H33F8OSi2/c1-6-41(7-2,8-3)14-15-42(18(4)5,17-19-12-10-9-11-13-19)40-30-27(35)23-22-24(20(32)16-21(33)26(22)34)31(38,39)25(23)28(36)29(30)37/h9-13,18H,6-8,14-15,17H2,1-5H3. The predicted molar refractivity (Wildman–Crippen MR) is 152 cm³/mol. The van der Waals surface area contributed by atoms with Crippen molar-refractivity contribution in [2.24, 2.45) is 0 Å². The molecule has 1 radical (unpaired) electrons. The van der Waals surface area contributed by atoms with E-state index in [2.05, 4.69) is 20.8 Å². The van der Waals surface area contributed by atoms with Crippen LogP contribution in [0.1, 0.15) is 51.3 Å². The van der Waals surface area contributed by atoms with E-state index in [4.69, 9.17) is 4.43 Å². The number of alkyl halides is 2. The summed E-state index contributed by atoms with van der Waals surface area (Å²) in [7, 11) is -5.13. The van der Waals surface area contributed by atoms with Crippen LogP contribution in [0.25, 0.3) is 11.1 Å². The predicted octanol–water partition coefficient (Wildman–Crippen LogP) is 10.5. The molecule has 0 heterocycles. The Hall–Kier alpha value is -2.67. The fourth-order valence-corrected chi connectivity index (χ4v) is 15.6. The van der Waals surface area contributed by atoms with E-state index in [9.17, 15) is 13.2 Å². The lowest BCUT2D eigenvalue weighted by Crippen LogP contribution is -2.50. The monoisotopic (exact) mass is 629 g/mol. The Labute approximate surface area is 243 Å². The average molecular weight is 630 g/mol. The molecule has 1 atom stereocenters. The molecule has 0 bridgehead atoms. The van der Waals surface area contributed by atoms with Gasteiger partial charge in [0.1, 0.15) is 5.82 Å². The van der Waals surface area contributed by atoms with Crippen LogP contribution in [0.4, 0.5) is 35.1 Å². The molecule has 0 fully saturated rings. The van der Waals surface area contributed by atoms with E-state index in [-0.39, 0.29) is 11.6 Å². The van der Waals surface area contributed by atoms with Crippen molar-refractivity contribution in [3.05, 3.63) is 88.0 Å². The summed E-state index contributed by atoms with van der Waals surface area (Å²) in [5.41, 5.74) is -6.10. The number of benzene rings is 3. The van der Waals surface area contributed by atoms with Crippen molar-refractivity contribution < 1.29 is 39.5 Å². The lowest BCUT2D eigenvalue weighted by molar-refractivity contribution is 0.0391. The van der Waals surface area contributed by atoms with E-state index in [1.807, 2.05) is 32.0 Å². The molecule has 1 unspecified atom stereocenters. The van der Waals surface area contributed by atoms with Gasteiger partial charge < -0.3 is 4.43 Å². The molecule has 4 rings (SSSR count). The van der Waals surface area contributed by atoms with Gasteiger partial charge in [-0.2, -0.15) is 13.2 Å². The summed E-state index contributed by atoms with van der Waals surface area (Å²) in [6, 6.07) is 14.7. The molecule has 0 saturated heterocycles. The lowest BCUT2D eigenvalue weighted by atomic mass is 10.0. The number of hydrogen-bond donors (Lipinski definition) is 0. The van der Waals surface area contributed by atoms with Gasteiger partial charge in [0, 0.05) is 17.2 Å². The fourth-order valence-electron chi connectivity index (χ4n) is 6.14. The topological polar surface area (TPSA) is 9.23 Å². The van der Waals surface area contributed by atoms with Gasteiger partial charge >= 0.3 is 5.92 Å². The third-order valence-electron chi connectivity index (χ3n) is 9.29. The zero-order chi connectivity index (χ0) is 31.2. The lowest BCUT2D eigenvalue weighted by Gasteiger charge is -2.39. The highest BCUT2D eigenvalue weighted by molar-refractivity contribution is 6.83. The Balaban J connectivity index is 1.96. The van der Waals surface area contributed by atoms with Crippen LogP contribution in [0.2, 0.25) is 35.8 Å². The zero-order valence-corrected chi connectivity index (χ0v) is 26.1. The second-order valence-corrected chi connectivity index (χ2v) is 21.4. The van der Waals surface area contributed by atoms with Gasteiger partial charge in [-0.3, -0.25) is 0 Å². The Morgan fingerprint density at radius 1 is 0.738 bits per heavy atom. The Morgan fingerprint density at radius 3 is 1.86 bits per heavy atom. The van der Waals surface area contributed by atoms with Crippen LogP contribution < -0.4 is 4.43 Å². The molecular formula is C31H33F8OSi2. The molecule has 0 N–H and O–H groups in total. The van der Waals surface area contributed by atoms with Gasteiger partial charge in [-0.1, -0.05) is 89.1 Å². The minimum Gasteiger partial charge on any atom is -0.539 e. The van der Waals surface area contributed by atoms with Crippen molar-refractivity contribution >= 4 is 16.4 Å². The summed E-state index contributed by atoms with van der Waals surface area (Å²) >= 11 is 0. The largest absolute Gasteiger partial charge is 0.539 e. The number of fused-ring (bicyclic) bond motifs is 3. The van der Waals surface area contributed by atoms with Gasteiger partial charge in [-0.25, -0.2) is 22.0 Å². The molecule has 1 nitrogen and oxygen atoms in total. The zero-order valence-electron chi connectivity index (χ0n) is 24.1. The minimum atomic E-state index is -4.69. The van der Waals surface area contributed by atoms with E-state index in [1.165, 1.54) is 6.07 Å². The van der Waals surface area contributed by atoms with E-state index < -0.39 is 85.2 Å². The first kappa shape index (κ1) is 32.3. The van der Waals surface area contributed by atoms with Gasteiger partial charge in [0.05, 0.1) is 25.3 Å². The second-order valence-electron chi connectivity index (χ2n) is 11.5. The van der Waals surface area contributed by atoms with Gasteiger partial charge in [-0.05, 0) is 17.1 Å². The average Bonchev–Trinajstić information content (AvgIpc) is 3.22. The van der Waals surface area contributed by atoms with E-state index in [1.54, 1.807) is 12.1 Å². The molecule has 42 heavy (non-hydrogen) atoms. The third-order valence-corrected chi connectivity index (χ3v) is 20.4. The van der Waals surface area contributed by atoms with Gasteiger partial charge in [0.2, 0.25) is 5.82 Å². The molecule has 1 aliphatic carbocycles. The molecule has 0 aliphatic heterocycles. The number of rotatable bonds is 11. The van der Waals surface area contributed by atoms with Gasteiger partial charge in [0.15, 0.2) is 29.0 Å². The Morgan fingerprint density at radius 2 is 1.31 bits per heavy atom. The maximum absolute atomic E-state index is 16.2. The van der Waals surface area contributed by atoms with Crippen LogP contribution in [0, 0.1) is 41.0 Å². The highest BCUT2D eigenvalue weighted by atomic mass is 28.4. The second kappa shape index (κ2) is 11.8. The highest BCUT2D eigenvalue weighted by Crippen LogP contribution is 2.57. The maximum atomic E-state index is 16.2. The SMILES string of the molecule is CC[Si](CC)(CC)CC[Si](Cc1ccccc1)(Oc1c(F)c(F)c2c(c1F)-c1c(F)c(F)[c]c(F)c1C2(F)F)C(C)C. The van der Waals surface area contributed by atoms with Gasteiger partial charge in [0.25, 0.3) is 8.32 Å². The number of hydrogen-bond acceptors (Lipinski definition) is 1. The van der Waals surface area contributed by atoms with Crippen LogP contribution in [0.3, 0.4) is 0 Å². The fraction of sp³-hybridized carbons (Fsp3) is 0.419. The first-order valence-electron chi connectivity index (χ1n) is 14.1. The first-order chi connectivity index (χ1) is 19.7. The smallest absolute Gasteiger partial charge is 0.305 e. The van der Waals surface area contributed by atoms with Crippen LogP contribution in [-0.4, -0.2) is 16.4 Å². The molecule has 0 amide bonds. The van der Waals surface area contributed by atoms with E-state index >= 15 is 22.0 Å². The molecular weight excluding hydrogens is 596 g/mol. The third kappa shape index (κ3) is 5.20. The van der Waals surface area contributed by atoms with Crippen LogP contribution >= 0.6 is 0 Å². The van der Waals surface area contributed by atoms with E-state index in [0.29, 0.717) is 6.04 Å². The van der Waals surface area contributed by atoms with Gasteiger partial charge in [-0.15, -0.1) is 0 Å². The Kier molecular flexibility index (Phi) is 9.05.